The Labute approximate surface area is 83.6 Å². The Kier molecular flexibility index (Phi) is 2.06. The van der Waals surface area contributed by atoms with Crippen molar-refractivity contribution in [3.8, 4) is 0 Å². The van der Waals surface area contributed by atoms with Crippen molar-refractivity contribution in [2.75, 3.05) is 0 Å². The van der Waals surface area contributed by atoms with Crippen molar-refractivity contribution in [2.24, 2.45) is 11.8 Å². The van der Waals surface area contributed by atoms with Gasteiger partial charge in [0, 0.05) is 11.6 Å². The van der Waals surface area contributed by atoms with Crippen LogP contribution in [0.25, 0.3) is 11.8 Å². The molecule has 1 N–H and O–H groups in total. The zero-order valence-electron chi connectivity index (χ0n) is 8.78. The van der Waals surface area contributed by atoms with Crippen LogP contribution in [-0.2, 0) is 0 Å². The maximum Gasteiger partial charge on any atom is 0.122 e. The van der Waals surface area contributed by atoms with Gasteiger partial charge in [-0.25, -0.2) is 4.98 Å². The Morgan fingerprint density at radius 2 is 2.00 bits per heavy atom. The van der Waals surface area contributed by atoms with Gasteiger partial charge in [0.25, 0.3) is 0 Å². The lowest BCUT2D eigenvalue weighted by Gasteiger charge is -2.19. The molecule has 1 aliphatic carbocycles. The number of aliphatic hydroxyl groups excluding tert-OH is 1. The molecule has 0 saturated carbocycles. The summed E-state index contributed by atoms with van der Waals surface area (Å²) in [6, 6.07) is 4.00. The first-order chi connectivity index (χ1) is 6.59. The molecule has 1 aliphatic rings. The fourth-order valence-corrected chi connectivity index (χ4v) is 1.80. The molecule has 1 heterocycles. The molecule has 1 aromatic rings. The molecule has 2 nitrogen and oxygen atoms in total. The van der Waals surface area contributed by atoms with E-state index in [-0.39, 0.29) is 5.92 Å². The number of hydrogen-bond acceptors (Lipinski definition) is 2. The van der Waals surface area contributed by atoms with Crippen LogP contribution in [0.15, 0.2) is 12.1 Å². The van der Waals surface area contributed by atoms with Crippen molar-refractivity contribution < 1.29 is 5.11 Å². The minimum Gasteiger partial charge on any atom is -0.510 e. The van der Waals surface area contributed by atoms with E-state index in [1.807, 2.05) is 26.0 Å². The van der Waals surface area contributed by atoms with Crippen LogP contribution < -0.4 is 10.6 Å². The lowest BCUT2D eigenvalue weighted by Crippen LogP contribution is -2.38. The van der Waals surface area contributed by atoms with Gasteiger partial charge in [-0.05, 0) is 24.1 Å². The van der Waals surface area contributed by atoms with Crippen LogP contribution in [0.3, 0.4) is 0 Å². The summed E-state index contributed by atoms with van der Waals surface area (Å²) in [7, 11) is 0. The molecule has 2 unspecified atom stereocenters. The van der Waals surface area contributed by atoms with Gasteiger partial charge in [-0.1, -0.05) is 26.0 Å². The van der Waals surface area contributed by atoms with Gasteiger partial charge in [-0.2, -0.15) is 0 Å². The third-order valence-electron chi connectivity index (χ3n) is 2.97. The quantitative estimate of drug-likeness (QED) is 0.663. The monoisotopic (exact) mass is 189 g/mol. The summed E-state index contributed by atoms with van der Waals surface area (Å²) < 4.78 is 0. The van der Waals surface area contributed by atoms with E-state index < -0.39 is 0 Å². The molecule has 0 fully saturated rings. The van der Waals surface area contributed by atoms with E-state index in [1.54, 1.807) is 0 Å². The van der Waals surface area contributed by atoms with E-state index in [0.29, 0.717) is 11.7 Å². The van der Waals surface area contributed by atoms with Gasteiger partial charge in [0.1, 0.15) is 11.1 Å². The molecule has 0 amide bonds. The van der Waals surface area contributed by atoms with Crippen molar-refractivity contribution >= 4 is 11.8 Å². The SMILES string of the molecule is Cc1ccc2c(n1)=C(O)C(C)C(C)C=2. The summed E-state index contributed by atoms with van der Waals surface area (Å²) >= 11 is 0. The van der Waals surface area contributed by atoms with Crippen molar-refractivity contribution in [3.05, 3.63) is 28.4 Å². The zero-order chi connectivity index (χ0) is 10.3. The first-order valence-corrected chi connectivity index (χ1v) is 4.98. The lowest BCUT2D eigenvalue weighted by atomic mass is 9.89. The average molecular weight is 189 g/mol. The molecule has 0 radical (unpaired) electrons. The predicted octanol–water partition coefficient (Wildman–Crippen LogP) is 1.12. The largest absolute Gasteiger partial charge is 0.510 e. The van der Waals surface area contributed by atoms with Crippen LogP contribution in [0.5, 0.6) is 0 Å². The van der Waals surface area contributed by atoms with Crippen molar-refractivity contribution in [1.29, 1.82) is 0 Å². The molecular weight excluding hydrogens is 174 g/mol. The lowest BCUT2D eigenvalue weighted by molar-refractivity contribution is 0.398. The van der Waals surface area contributed by atoms with Gasteiger partial charge in [0.2, 0.25) is 0 Å². The molecular formula is C12H15NO. The summed E-state index contributed by atoms with van der Waals surface area (Å²) in [6.45, 7) is 6.09. The first kappa shape index (κ1) is 9.25. The molecule has 2 atom stereocenters. The second kappa shape index (κ2) is 3.12. The van der Waals surface area contributed by atoms with Crippen LogP contribution in [0.4, 0.5) is 0 Å². The highest BCUT2D eigenvalue weighted by molar-refractivity contribution is 5.46. The molecule has 2 heteroatoms. The summed E-state index contributed by atoms with van der Waals surface area (Å²) in [4.78, 5) is 4.36. The molecule has 2 rings (SSSR count). The van der Waals surface area contributed by atoms with Gasteiger partial charge in [-0.15, -0.1) is 0 Å². The minimum absolute atomic E-state index is 0.178. The second-order valence-corrected chi connectivity index (χ2v) is 4.09. The van der Waals surface area contributed by atoms with E-state index in [1.165, 1.54) is 0 Å². The molecule has 0 saturated heterocycles. The standard InChI is InChI=1S/C12H15NO/c1-7-6-10-5-4-8(2)13-11(10)12(14)9(7)3/h4-7,9,14H,1-3H3. The average Bonchev–Trinajstić information content (AvgIpc) is 2.16. The van der Waals surface area contributed by atoms with Crippen LogP contribution in [0.1, 0.15) is 19.5 Å². The van der Waals surface area contributed by atoms with Gasteiger partial charge in [0.15, 0.2) is 0 Å². The van der Waals surface area contributed by atoms with Crippen LogP contribution in [0.2, 0.25) is 0 Å². The topological polar surface area (TPSA) is 33.1 Å². The maximum atomic E-state index is 9.96. The Morgan fingerprint density at radius 3 is 2.71 bits per heavy atom. The normalized spacial score (nSPS) is 25.5. The van der Waals surface area contributed by atoms with Crippen molar-refractivity contribution in [2.45, 2.75) is 20.8 Å². The third kappa shape index (κ3) is 1.31. The summed E-state index contributed by atoms with van der Waals surface area (Å²) in [5, 5.41) is 11.8. The Bertz CT molecular complexity index is 476. The second-order valence-electron chi connectivity index (χ2n) is 4.09. The van der Waals surface area contributed by atoms with Crippen LogP contribution in [-0.4, -0.2) is 10.1 Å². The molecule has 14 heavy (non-hydrogen) atoms. The number of fused-ring (bicyclic) bond motifs is 1. The van der Waals surface area contributed by atoms with Crippen LogP contribution in [0, 0.1) is 18.8 Å². The molecule has 1 aromatic heterocycles. The van der Waals surface area contributed by atoms with Gasteiger partial charge in [0.05, 0.1) is 0 Å². The highest BCUT2D eigenvalue weighted by Crippen LogP contribution is 2.20. The van der Waals surface area contributed by atoms with Gasteiger partial charge < -0.3 is 5.11 Å². The summed E-state index contributed by atoms with van der Waals surface area (Å²) in [6.07, 6.45) is 2.17. The number of hydrogen-bond donors (Lipinski definition) is 1. The number of aryl methyl sites for hydroxylation is 1. The van der Waals surface area contributed by atoms with E-state index in [0.717, 1.165) is 16.3 Å². The fraction of sp³-hybridized carbons (Fsp3) is 0.417. The van der Waals surface area contributed by atoms with Crippen LogP contribution >= 0.6 is 0 Å². The van der Waals surface area contributed by atoms with E-state index in [4.69, 9.17) is 0 Å². The number of rotatable bonds is 0. The molecule has 74 valence electrons. The van der Waals surface area contributed by atoms with Gasteiger partial charge in [-0.3, -0.25) is 0 Å². The predicted molar refractivity (Wildman–Crippen MR) is 57.1 cm³/mol. The Morgan fingerprint density at radius 1 is 1.29 bits per heavy atom. The Balaban J connectivity index is 2.82. The molecule has 0 spiro atoms. The fourth-order valence-electron chi connectivity index (χ4n) is 1.80. The third-order valence-corrected chi connectivity index (χ3v) is 2.97. The highest BCUT2D eigenvalue weighted by atomic mass is 16.3. The molecule has 0 aromatic carbocycles. The van der Waals surface area contributed by atoms with Crippen molar-refractivity contribution in [3.63, 3.8) is 0 Å². The molecule has 0 aliphatic heterocycles. The highest BCUT2D eigenvalue weighted by Gasteiger charge is 2.19. The Hall–Kier alpha value is -1.31. The number of nitrogens with zero attached hydrogens (tertiary/aromatic N) is 1. The molecule has 0 bridgehead atoms. The minimum atomic E-state index is 0.178. The summed E-state index contributed by atoms with van der Waals surface area (Å²) in [5.41, 5.74) is 0.949. The zero-order valence-corrected chi connectivity index (χ0v) is 8.78. The number of pyridine rings is 1. The first-order valence-electron chi connectivity index (χ1n) is 4.98. The van der Waals surface area contributed by atoms with Crippen molar-refractivity contribution in [1.82, 2.24) is 4.98 Å². The summed E-state index contributed by atoms with van der Waals surface area (Å²) in [5.74, 6) is 0.988. The smallest absolute Gasteiger partial charge is 0.122 e. The number of aromatic nitrogens is 1. The maximum absolute atomic E-state index is 9.96. The van der Waals surface area contributed by atoms with Gasteiger partial charge >= 0.3 is 0 Å². The number of aliphatic hydroxyl groups is 1. The van der Waals surface area contributed by atoms with E-state index in [2.05, 4.69) is 18.0 Å². The van der Waals surface area contributed by atoms with E-state index in [9.17, 15) is 5.11 Å². The van der Waals surface area contributed by atoms with E-state index >= 15 is 0 Å².